The van der Waals surface area contributed by atoms with Crippen LogP contribution in [0.5, 0.6) is 0 Å². The summed E-state index contributed by atoms with van der Waals surface area (Å²) in [7, 11) is 0. The Morgan fingerprint density at radius 3 is 2.54 bits per heavy atom. The highest BCUT2D eigenvalue weighted by atomic mass is 14.8. The molecule has 0 aliphatic heterocycles. The van der Waals surface area contributed by atoms with Crippen molar-refractivity contribution < 1.29 is 0 Å². The van der Waals surface area contributed by atoms with Crippen molar-refractivity contribution in [2.75, 3.05) is 0 Å². The molecular formula is C11H20N2. The molecule has 0 amide bonds. The molecule has 0 fully saturated rings. The summed E-state index contributed by atoms with van der Waals surface area (Å²) in [5, 5.41) is 0. The number of hydrogen-bond acceptors (Lipinski definition) is 2. The first-order valence-corrected chi connectivity index (χ1v) is 5.01. The van der Waals surface area contributed by atoms with Crippen LogP contribution in [-0.4, -0.2) is 5.54 Å². The summed E-state index contributed by atoms with van der Waals surface area (Å²) in [6, 6.07) is 0. The van der Waals surface area contributed by atoms with Gasteiger partial charge >= 0.3 is 0 Å². The van der Waals surface area contributed by atoms with Crippen LogP contribution in [-0.2, 0) is 0 Å². The third-order valence-electron chi connectivity index (χ3n) is 3.17. The van der Waals surface area contributed by atoms with E-state index < -0.39 is 0 Å². The summed E-state index contributed by atoms with van der Waals surface area (Å²) < 4.78 is 0. The zero-order chi connectivity index (χ0) is 10.1. The van der Waals surface area contributed by atoms with Crippen molar-refractivity contribution in [3.05, 3.63) is 23.4 Å². The van der Waals surface area contributed by atoms with Gasteiger partial charge in [0.05, 0.1) is 0 Å². The summed E-state index contributed by atoms with van der Waals surface area (Å²) in [5.74, 6) is 0.412. The van der Waals surface area contributed by atoms with Crippen LogP contribution in [0.1, 0.15) is 33.6 Å². The van der Waals surface area contributed by atoms with Crippen LogP contribution in [0.15, 0.2) is 23.4 Å². The molecule has 0 aromatic heterocycles. The van der Waals surface area contributed by atoms with Crippen LogP contribution >= 0.6 is 0 Å². The quantitative estimate of drug-likeness (QED) is 0.682. The highest BCUT2D eigenvalue weighted by Crippen LogP contribution is 2.33. The van der Waals surface area contributed by atoms with E-state index in [2.05, 4.69) is 26.8 Å². The molecule has 0 heterocycles. The first kappa shape index (κ1) is 10.3. The van der Waals surface area contributed by atoms with Gasteiger partial charge in [-0.05, 0) is 30.9 Å². The minimum absolute atomic E-state index is 0.232. The number of rotatable bonds is 2. The lowest BCUT2D eigenvalue weighted by molar-refractivity contribution is 0.377. The third kappa shape index (κ3) is 1.78. The molecule has 1 rings (SSSR count). The zero-order valence-corrected chi connectivity index (χ0v) is 8.80. The Bertz CT molecular complexity index is 253. The van der Waals surface area contributed by atoms with Crippen LogP contribution in [0.3, 0.4) is 0 Å². The van der Waals surface area contributed by atoms with Crippen LogP contribution in [0.2, 0.25) is 0 Å². The van der Waals surface area contributed by atoms with E-state index in [9.17, 15) is 0 Å². The lowest BCUT2D eigenvalue weighted by atomic mass is 9.74. The van der Waals surface area contributed by atoms with E-state index in [0.29, 0.717) is 5.92 Å². The largest absolute Gasteiger partial charge is 0.399 e. The van der Waals surface area contributed by atoms with Crippen molar-refractivity contribution in [1.82, 2.24) is 0 Å². The Balaban J connectivity index is 3.01. The Kier molecular flexibility index (Phi) is 2.81. The van der Waals surface area contributed by atoms with E-state index in [-0.39, 0.29) is 5.54 Å². The van der Waals surface area contributed by atoms with E-state index >= 15 is 0 Å². The van der Waals surface area contributed by atoms with Gasteiger partial charge in [0.2, 0.25) is 0 Å². The lowest BCUT2D eigenvalue weighted by Gasteiger charge is -2.36. The molecule has 2 unspecified atom stereocenters. The monoisotopic (exact) mass is 180 g/mol. The summed E-state index contributed by atoms with van der Waals surface area (Å²) in [6.07, 6.45) is 6.03. The first-order valence-electron chi connectivity index (χ1n) is 5.01. The fourth-order valence-electron chi connectivity index (χ4n) is 1.98. The Morgan fingerprint density at radius 2 is 2.08 bits per heavy atom. The highest BCUT2D eigenvalue weighted by Gasteiger charge is 2.32. The van der Waals surface area contributed by atoms with Crippen LogP contribution in [0.25, 0.3) is 0 Å². The van der Waals surface area contributed by atoms with E-state index in [4.69, 9.17) is 11.5 Å². The molecule has 1 aliphatic carbocycles. The summed E-state index contributed by atoms with van der Waals surface area (Å²) >= 11 is 0. The van der Waals surface area contributed by atoms with Gasteiger partial charge in [-0.3, -0.25) is 0 Å². The molecule has 0 aromatic rings. The summed E-state index contributed by atoms with van der Waals surface area (Å²) in [6.45, 7) is 6.44. The molecule has 0 spiro atoms. The van der Waals surface area contributed by atoms with E-state index in [1.807, 2.05) is 6.08 Å². The molecule has 0 aromatic carbocycles. The number of allylic oxidation sites excluding steroid dienone is 1. The van der Waals surface area contributed by atoms with Gasteiger partial charge in [0.25, 0.3) is 0 Å². The minimum atomic E-state index is -0.232. The van der Waals surface area contributed by atoms with Gasteiger partial charge in [-0.25, -0.2) is 0 Å². The standard InChI is InChI=1S/C11H20N2/c1-4-9-6-10(12)7-11(13,5-2)8(9)3/h6-8H,4-5,12-13H2,1-3H3. The van der Waals surface area contributed by atoms with E-state index in [0.717, 1.165) is 18.5 Å². The van der Waals surface area contributed by atoms with Gasteiger partial charge in [0.1, 0.15) is 0 Å². The molecule has 0 saturated carbocycles. The van der Waals surface area contributed by atoms with Gasteiger partial charge < -0.3 is 11.5 Å². The molecule has 13 heavy (non-hydrogen) atoms. The maximum Gasteiger partial charge on any atom is 0.0422 e. The molecule has 4 N–H and O–H groups in total. The van der Waals surface area contributed by atoms with Crippen LogP contribution < -0.4 is 11.5 Å². The average molecular weight is 180 g/mol. The average Bonchev–Trinajstić information content (AvgIpc) is 2.11. The fraction of sp³-hybridized carbons (Fsp3) is 0.636. The Morgan fingerprint density at radius 1 is 1.46 bits per heavy atom. The molecule has 0 saturated heterocycles. The van der Waals surface area contributed by atoms with E-state index in [1.165, 1.54) is 5.57 Å². The van der Waals surface area contributed by atoms with Gasteiger partial charge in [-0.1, -0.05) is 26.3 Å². The zero-order valence-electron chi connectivity index (χ0n) is 8.80. The molecule has 74 valence electrons. The molecule has 1 aliphatic rings. The predicted molar refractivity (Wildman–Crippen MR) is 57.0 cm³/mol. The molecular weight excluding hydrogens is 160 g/mol. The SMILES string of the molecule is CCC1=CC(N)=CC(N)(CC)C1C. The van der Waals surface area contributed by atoms with Crippen molar-refractivity contribution in [1.29, 1.82) is 0 Å². The Hall–Kier alpha value is -0.760. The highest BCUT2D eigenvalue weighted by molar-refractivity contribution is 5.34. The number of nitrogens with two attached hydrogens (primary N) is 2. The van der Waals surface area contributed by atoms with Crippen molar-refractivity contribution in [3.63, 3.8) is 0 Å². The van der Waals surface area contributed by atoms with Crippen LogP contribution in [0, 0.1) is 5.92 Å². The topological polar surface area (TPSA) is 52.0 Å². The van der Waals surface area contributed by atoms with E-state index in [1.54, 1.807) is 0 Å². The van der Waals surface area contributed by atoms with Gasteiger partial charge in [-0.2, -0.15) is 0 Å². The first-order chi connectivity index (χ1) is 6.03. The van der Waals surface area contributed by atoms with Crippen molar-refractivity contribution >= 4 is 0 Å². The maximum atomic E-state index is 6.26. The van der Waals surface area contributed by atoms with Gasteiger partial charge in [0.15, 0.2) is 0 Å². The lowest BCUT2D eigenvalue weighted by Crippen LogP contribution is -2.46. The van der Waals surface area contributed by atoms with Crippen molar-refractivity contribution in [2.45, 2.75) is 39.2 Å². The van der Waals surface area contributed by atoms with Gasteiger partial charge in [0, 0.05) is 11.2 Å². The molecule has 0 bridgehead atoms. The smallest absolute Gasteiger partial charge is 0.0422 e. The second kappa shape index (κ2) is 3.54. The third-order valence-corrected chi connectivity index (χ3v) is 3.17. The predicted octanol–water partition coefficient (Wildman–Crippen LogP) is 1.92. The van der Waals surface area contributed by atoms with Crippen molar-refractivity contribution in [2.24, 2.45) is 17.4 Å². The fourth-order valence-corrected chi connectivity index (χ4v) is 1.98. The second-order valence-electron chi connectivity index (χ2n) is 3.90. The van der Waals surface area contributed by atoms with Crippen LogP contribution in [0.4, 0.5) is 0 Å². The molecule has 2 nitrogen and oxygen atoms in total. The van der Waals surface area contributed by atoms with Gasteiger partial charge in [-0.15, -0.1) is 0 Å². The number of hydrogen-bond donors (Lipinski definition) is 2. The molecule has 0 radical (unpaired) electrons. The maximum absolute atomic E-state index is 6.26. The second-order valence-corrected chi connectivity index (χ2v) is 3.90. The molecule has 2 atom stereocenters. The summed E-state index contributed by atoms with van der Waals surface area (Å²) in [4.78, 5) is 0. The molecule has 2 heteroatoms. The Labute approximate surface area is 80.7 Å². The minimum Gasteiger partial charge on any atom is -0.399 e. The van der Waals surface area contributed by atoms with Crippen molar-refractivity contribution in [3.8, 4) is 0 Å². The summed E-state index contributed by atoms with van der Waals surface area (Å²) in [5.41, 5.74) is 14.0. The normalized spacial score (nSPS) is 34.0.